The number of carbonyl (C=O) groups excluding carboxylic acids is 1. The van der Waals surface area contributed by atoms with Crippen LogP contribution in [0.2, 0.25) is 0 Å². The van der Waals surface area contributed by atoms with Gasteiger partial charge in [0.05, 0.1) is 18.6 Å². The number of hydrogen-bond acceptors (Lipinski definition) is 3. The molecule has 3 heteroatoms. The summed E-state index contributed by atoms with van der Waals surface area (Å²) in [6.45, 7) is 4.65. The summed E-state index contributed by atoms with van der Waals surface area (Å²) in [6.07, 6.45) is 7.42. The molecule has 19 heavy (non-hydrogen) atoms. The van der Waals surface area contributed by atoms with Crippen LogP contribution in [-0.4, -0.2) is 25.8 Å². The lowest BCUT2D eigenvalue weighted by Crippen LogP contribution is -2.36. The molecule has 110 valence electrons. The van der Waals surface area contributed by atoms with E-state index in [4.69, 9.17) is 9.47 Å². The van der Waals surface area contributed by atoms with Gasteiger partial charge in [-0.25, -0.2) is 0 Å². The van der Waals surface area contributed by atoms with E-state index in [2.05, 4.69) is 6.92 Å². The SMILES string of the molecule is CCOC(=O)C1C[C@@H](C)CC1C1CCCCC1OC. The average molecular weight is 268 g/mol. The summed E-state index contributed by atoms with van der Waals surface area (Å²) < 4.78 is 11.0. The van der Waals surface area contributed by atoms with Crippen LogP contribution >= 0.6 is 0 Å². The lowest BCUT2D eigenvalue weighted by Gasteiger charge is -2.36. The Balaban J connectivity index is 2.08. The van der Waals surface area contributed by atoms with Crippen LogP contribution in [0.4, 0.5) is 0 Å². The van der Waals surface area contributed by atoms with E-state index in [1.54, 1.807) is 0 Å². The fraction of sp³-hybridized carbons (Fsp3) is 0.938. The predicted molar refractivity (Wildman–Crippen MR) is 74.8 cm³/mol. The van der Waals surface area contributed by atoms with Crippen LogP contribution in [0.15, 0.2) is 0 Å². The van der Waals surface area contributed by atoms with Crippen molar-refractivity contribution in [2.75, 3.05) is 13.7 Å². The summed E-state index contributed by atoms with van der Waals surface area (Å²) in [5.74, 6) is 1.80. The van der Waals surface area contributed by atoms with Crippen molar-refractivity contribution in [1.29, 1.82) is 0 Å². The third-order valence-corrected chi connectivity index (χ3v) is 5.04. The maximum absolute atomic E-state index is 12.2. The summed E-state index contributed by atoms with van der Waals surface area (Å²) in [7, 11) is 1.82. The molecule has 4 unspecified atom stereocenters. The highest BCUT2D eigenvalue weighted by atomic mass is 16.5. The molecule has 0 spiro atoms. The quantitative estimate of drug-likeness (QED) is 0.733. The molecule has 0 heterocycles. The maximum atomic E-state index is 12.2. The van der Waals surface area contributed by atoms with E-state index in [0.29, 0.717) is 30.5 Å². The van der Waals surface area contributed by atoms with Gasteiger partial charge in [0, 0.05) is 7.11 Å². The fourth-order valence-electron chi connectivity index (χ4n) is 4.23. The standard InChI is InChI=1S/C16H28O3/c1-4-19-16(17)14-10-11(2)9-13(14)12-7-5-6-8-15(12)18-3/h11-15H,4-10H2,1-3H3/t11-,12?,13?,14?,15?/m0/s1. The zero-order valence-corrected chi connectivity index (χ0v) is 12.6. The summed E-state index contributed by atoms with van der Waals surface area (Å²) in [4.78, 5) is 12.2. The van der Waals surface area contributed by atoms with Crippen molar-refractivity contribution in [2.24, 2.45) is 23.7 Å². The highest BCUT2D eigenvalue weighted by Gasteiger charge is 2.44. The predicted octanol–water partition coefficient (Wildman–Crippen LogP) is 3.42. The van der Waals surface area contributed by atoms with E-state index in [9.17, 15) is 4.79 Å². The molecule has 0 aromatic rings. The lowest BCUT2D eigenvalue weighted by molar-refractivity contribution is -0.151. The second-order valence-electron chi connectivity index (χ2n) is 6.32. The molecular formula is C16H28O3. The van der Waals surface area contributed by atoms with E-state index in [1.807, 2.05) is 14.0 Å². The normalized spacial score (nSPS) is 39.2. The monoisotopic (exact) mass is 268 g/mol. The second-order valence-corrected chi connectivity index (χ2v) is 6.32. The van der Waals surface area contributed by atoms with E-state index in [1.165, 1.54) is 19.3 Å². The van der Waals surface area contributed by atoms with Crippen LogP contribution in [-0.2, 0) is 14.3 Å². The first-order valence-electron chi connectivity index (χ1n) is 7.86. The molecule has 0 radical (unpaired) electrons. The molecule has 2 saturated carbocycles. The minimum Gasteiger partial charge on any atom is -0.466 e. The Morgan fingerprint density at radius 1 is 1.16 bits per heavy atom. The molecule has 0 saturated heterocycles. The molecule has 0 aromatic heterocycles. The van der Waals surface area contributed by atoms with Crippen molar-refractivity contribution in [3.05, 3.63) is 0 Å². The van der Waals surface area contributed by atoms with Gasteiger partial charge < -0.3 is 9.47 Å². The van der Waals surface area contributed by atoms with Gasteiger partial charge in [-0.2, -0.15) is 0 Å². The average Bonchev–Trinajstić information content (AvgIpc) is 2.81. The van der Waals surface area contributed by atoms with Gasteiger partial charge >= 0.3 is 5.97 Å². The largest absolute Gasteiger partial charge is 0.466 e. The first-order chi connectivity index (χ1) is 9.17. The van der Waals surface area contributed by atoms with E-state index >= 15 is 0 Å². The molecule has 2 aliphatic carbocycles. The molecule has 0 aliphatic heterocycles. The Labute approximate surface area is 117 Å². The highest BCUT2D eigenvalue weighted by Crippen LogP contribution is 2.46. The second kappa shape index (κ2) is 6.74. The van der Waals surface area contributed by atoms with Crippen LogP contribution in [0.5, 0.6) is 0 Å². The van der Waals surface area contributed by atoms with Gasteiger partial charge in [-0.15, -0.1) is 0 Å². The Hall–Kier alpha value is -0.570. The summed E-state index contributed by atoms with van der Waals surface area (Å²) >= 11 is 0. The van der Waals surface area contributed by atoms with Gasteiger partial charge in [0.15, 0.2) is 0 Å². The van der Waals surface area contributed by atoms with E-state index in [0.717, 1.165) is 19.3 Å². The van der Waals surface area contributed by atoms with Gasteiger partial charge in [-0.05, 0) is 50.4 Å². The number of rotatable bonds is 4. The Morgan fingerprint density at radius 2 is 1.89 bits per heavy atom. The van der Waals surface area contributed by atoms with Gasteiger partial charge in [-0.1, -0.05) is 19.8 Å². The Bertz CT molecular complexity index is 302. The number of hydrogen-bond donors (Lipinski definition) is 0. The molecule has 0 amide bonds. The van der Waals surface area contributed by atoms with Crippen LogP contribution < -0.4 is 0 Å². The van der Waals surface area contributed by atoms with Crippen molar-refractivity contribution in [3.63, 3.8) is 0 Å². The molecule has 0 aromatic carbocycles. The minimum absolute atomic E-state index is 0.0253. The van der Waals surface area contributed by atoms with Gasteiger partial charge in [0.25, 0.3) is 0 Å². The van der Waals surface area contributed by atoms with Gasteiger partial charge in [0.2, 0.25) is 0 Å². The molecule has 2 rings (SSSR count). The van der Waals surface area contributed by atoms with Crippen molar-refractivity contribution < 1.29 is 14.3 Å². The van der Waals surface area contributed by atoms with Crippen LogP contribution in [0.1, 0.15) is 52.4 Å². The number of carbonyl (C=O) groups is 1. The molecule has 3 nitrogen and oxygen atoms in total. The molecule has 2 fully saturated rings. The molecule has 0 N–H and O–H groups in total. The summed E-state index contributed by atoms with van der Waals surface area (Å²) in [6, 6.07) is 0. The minimum atomic E-state index is 0.0253. The molecule has 2 aliphatic rings. The van der Waals surface area contributed by atoms with Crippen LogP contribution in [0, 0.1) is 23.7 Å². The van der Waals surface area contributed by atoms with Crippen molar-refractivity contribution >= 4 is 5.97 Å². The topological polar surface area (TPSA) is 35.5 Å². The summed E-state index contributed by atoms with van der Waals surface area (Å²) in [5.41, 5.74) is 0. The number of ether oxygens (including phenoxy) is 2. The molecule has 5 atom stereocenters. The third-order valence-electron chi connectivity index (χ3n) is 5.04. The first-order valence-corrected chi connectivity index (χ1v) is 7.86. The highest BCUT2D eigenvalue weighted by molar-refractivity contribution is 5.73. The lowest BCUT2D eigenvalue weighted by atomic mass is 9.73. The number of methoxy groups -OCH3 is 1. The van der Waals surface area contributed by atoms with Crippen molar-refractivity contribution in [2.45, 2.75) is 58.5 Å². The third kappa shape index (κ3) is 3.31. The molecular weight excluding hydrogens is 240 g/mol. The summed E-state index contributed by atoms with van der Waals surface area (Å²) in [5, 5.41) is 0. The zero-order chi connectivity index (χ0) is 13.8. The van der Waals surface area contributed by atoms with Crippen molar-refractivity contribution in [1.82, 2.24) is 0 Å². The Morgan fingerprint density at radius 3 is 2.58 bits per heavy atom. The smallest absolute Gasteiger partial charge is 0.309 e. The molecule has 0 bridgehead atoms. The first kappa shape index (κ1) is 14.8. The van der Waals surface area contributed by atoms with Gasteiger partial charge in [0.1, 0.15) is 0 Å². The zero-order valence-electron chi connectivity index (χ0n) is 12.6. The van der Waals surface area contributed by atoms with Crippen molar-refractivity contribution in [3.8, 4) is 0 Å². The van der Waals surface area contributed by atoms with E-state index < -0.39 is 0 Å². The fourth-order valence-corrected chi connectivity index (χ4v) is 4.23. The van der Waals surface area contributed by atoms with Crippen LogP contribution in [0.3, 0.4) is 0 Å². The maximum Gasteiger partial charge on any atom is 0.309 e. The van der Waals surface area contributed by atoms with Crippen LogP contribution in [0.25, 0.3) is 0 Å². The number of esters is 1. The van der Waals surface area contributed by atoms with Gasteiger partial charge in [-0.3, -0.25) is 4.79 Å². The Kier molecular flexibility index (Phi) is 5.26. The van der Waals surface area contributed by atoms with E-state index in [-0.39, 0.29) is 11.9 Å².